The maximum Gasteiger partial charge on any atom is 0.159 e. The highest BCUT2D eigenvalue weighted by Crippen LogP contribution is 2.20. The number of aromatic nitrogens is 3. The lowest BCUT2D eigenvalue weighted by Gasteiger charge is -2.24. The zero-order valence-corrected chi connectivity index (χ0v) is 11.4. The van der Waals surface area contributed by atoms with Crippen molar-refractivity contribution in [1.29, 1.82) is 0 Å². The minimum atomic E-state index is -0.262. The number of aliphatic hydroxyl groups excluding tert-OH is 1. The maximum absolute atomic E-state index is 13.2. The molecule has 1 heterocycles. The molecule has 0 bridgehead atoms. The van der Waals surface area contributed by atoms with Gasteiger partial charge in [-0.15, -0.1) is 10.2 Å². The van der Waals surface area contributed by atoms with Crippen molar-refractivity contribution in [2.75, 3.05) is 0 Å². The van der Waals surface area contributed by atoms with Crippen LogP contribution < -0.4 is 0 Å². The van der Waals surface area contributed by atoms with Crippen LogP contribution in [0.3, 0.4) is 0 Å². The summed E-state index contributed by atoms with van der Waals surface area (Å²) in [4.78, 5) is 0. The third-order valence-corrected chi connectivity index (χ3v) is 2.86. The van der Waals surface area contributed by atoms with Crippen LogP contribution in [-0.4, -0.2) is 19.9 Å². The van der Waals surface area contributed by atoms with E-state index in [1.807, 2.05) is 31.4 Å². The van der Waals surface area contributed by atoms with Gasteiger partial charge in [0.05, 0.1) is 0 Å². The number of nitrogens with zero attached hydrogens (tertiary/aromatic N) is 3. The van der Waals surface area contributed by atoms with E-state index in [4.69, 9.17) is 0 Å². The molecular formula is C14H18FN3O. The van der Waals surface area contributed by atoms with Gasteiger partial charge in [-0.3, -0.25) is 0 Å². The first-order valence-electron chi connectivity index (χ1n) is 6.21. The van der Waals surface area contributed by atoms with Gasteiger partial charge in [0, 0.05) is 12.0 Å². The topological polar surface area (TPSA) is 50.9 Å². The summed E-state index contributed by atoms with van der Waals surface area (Å²) in [6.07, 6.45) is 0.488. The molecule has 0 atom stereocenters. The summed E-state index contributed by atoms with van der Waals surface area (Å²) in [7, 11) is 0. The van der Waals surface area contributed by atoms with E-state index in [1.54, 1.807) is 6.07 Å². The van der Waals surface area contributed by atoms with Crippen LogP contribution in [0, 0.1) is 5.82 Å². The quantitative estimate of drug-likeness (QED) is 0.924. The molecule has 0 aliphatic carbocycles. The fourth-order valence-electron chi connectivity index (χ4n) is 2.17. The summed E-state index contributed by atoms with van der Waals surface area (Å²) in [5.41, 5.74) is 0.604. The van der Waals surface area contributed by atoms with Crippen LogP contribution in [0.5, 0.6) is 0 Å². The zero-order valence-electron chi connectivity index (χ0n) is 11.4. The van der Waals surface area contributed by atoms with E-state index in [9.17, 15) is 9.50 Å². The van der Waals surface area contributed by atoms with Crippen molar-refractivity contribution in [2.24, 2.45) is 0 Å². The number of benzene rings is 1. The van der Waals surface area contributed by atoms with Crippen LogP contribution >= 0.6 is 0 Å². The van der Waals surface area contributed by atoms with Crippen LogP contribution in [-0.2, 0) is 18.6 Å². The van der Waals surface area contributed by atoms with Gasteiger partial charge in [0.25, 0.3) is 0 Å². The van der Waals surface area contributed by atoms with E-state index in [0.29, 0.717) is 12.2 Å². The molecule has 1 aromatic heterocycles. The Labute approximate surface area is 111 Å². The Morgan fingerprint density at radius 1 is 1.21 bits per heavy atom. The number of hydrogen-bond donors (Lipinski definition) is 1. The zero-order chi connectivity index (χ0) is 14.0. The van der Waals surface area contributed by atoms with Gasteiger partial charge in [-0.2, -0.15) is 0 Å². The summed E-state index contributed by atoms with van der Waals surface area (Å²) in [6, 6.07) is 6.43. The Balaban J connectivity index is 2.38. The highest BCUT2D eigenvalue weighted by atomic mass is 19.1. The Hall–Kier alpha value is -1.75. The number of hydrogen-bond acceptors (Lipinski definition) is 3. The van der Waals surface area contributed by atoms with Crippen LogP contribution in [0.15, 0.2) is 24.3 Å². The molecule has 0 fully saturated rings. The first kappa shape index (κ1) is 13.7. The van der Waals surface area contributed by atoms with Crippen LogP contribution in [0.1, 0.15) is 38.0 Å². The van der Waals surface area contributed by atoms with Gasteiger partial charge in [0.1, 0.15) is 18.2 Å². The summed E-state index contributed by atoms with van der Waals surface area (Å²) < 4.78 is 15.1. The Bertz CT molecular complexity index is 572. The molecule has 102 valence electrons. The number of halogens is 1. The fourth-order valence-corrected chi connectivity index (χ4v) is 2.17. The summed E-state index contributed by atoms with van der Waals surface area (Å²) >= 11 is 0. The van der Waals surface area contributed by atoms with E-state index in [-0.39, 0.29) is 18.0 Å². The molecule has 5 heteroatoms. The minimum Gasteiger partial charge on any atom is -0.388 e. The summed E-state index contributed by atoms with van der Waals surface area (Å²) in [6.45, 7) is 5.90. The Kier molecular flexibility index (Phi) is 3.66. The van der Waals surface area contributed by atoms with Gasteiger partial charge in [-0.25, -0.2) is 4.39 Å². The first-order chi connectivity index (χ1) is 8.91. The largest absolute Gasteiger partial charge is 0.388 e. The van der Waals surface area contributed by atoms with Crippen molar-refractivity contribution in [1.82, 2.24) is 14.8 Å². The molecule has 0 aliphatic rings. The normalized spacial score (nSPS) is 11.8. The van der Waals surface area contributed by atoms with Crippen molar-refractivity contribution in [3.63, 3.8) is 0 Å². The van der Waals surface area contributed by atoms with Gasteiger partial charge < -0.3 is 9.67 Å². The molecule has 0 unspecified atom stereocenters. The van der Waals surface area contributed by atoms with Gasteiger partial charge in [-0.05, 0) is 38.5 Å². The molecule has 2 rings (SSSR count). The van der Waals surface area contributed by atoms with E-state index >= 15 is 0 Å². The molecular weight excluding hydrogens is 245 g/mol. The molecule has 2 aromatic rings. The summed E-state index contributed by atoms with van der Waals surface area (Å²) in [5.74, 6) is 0.989. The van der Waals surface area contributed by atoms with Gasteiger partial charge >= 0.3 is 0 Å². The number of aliphatic hydroxyl groups is 1. The van der Waals surface area contributed by atoms with Gasteiger partial charge in [0.15, 0.2) is 5.82 Å². The van der Waals surface area contributed by atoms with Crippen LogP contribution in [0.4, 0.5) is 4.39 Å². The molecule has 19 heavy (non-hydrogen) atoms. The number of rotatable bonds is 3. The van der Waals surface area contributed by atoms with E-state index < -0.39 is 0 Å². The monoisotopic (exact) mass is 263 g/mol. The molecule has 0 saturated carbocycles. The molecule has 0 spiro atoms. The third kappa shape index (κ3) is 2.98. The molecule has 1 aromatic carbocycles. The van der Waals surface area contributed by atoms with E-state index in [0.717, 1.165) is 11.4 Å². The lowest BCUT2D eigenvalue weighted by molar-refractivity contribution is 0.248. The third-order valence-electron chi connectivity index (χ3n) is 2.86. The average molecular weight is 263 g/mol. The smallest absolute Gasteiger partial charge is 0.159 e. The van der Waals surface area contributed by atoms with Crippen LogP contribution in [0.2, 0.25) is 0 Å². The Morgan fingerprint density at radius 2 is 1.89 bits per heavy atom. The lowest BCUT2D eigenvalue weighted by atomic mass is 10.1. The van der Waals surface area contributed by atoms with Crippen molar-refractivity contribution in [3.05, 3.63) is 47.3 Å². The minimum absolute atomic E-state index is 0.159. The molecule has 0 aliphatic heterocycles. The van der Waals surface area contributed by atoms with E-state index in [2.05, 4.69) is 10.2 Å². The summed E-state index contributed by atoms with van der Waals surface area (Å²) in [5, 5.41) is 17.4. The Morgan fingerprint density at radius 3 is 2.47 bits per heavy atom. The predicted octanol–water partition coefficient (Wildman–Crippen LogP) is 2.26. The second-order valence-electron chi connectivity index (χ2n) is 5.50. The molecule has 0 saturated heterocycles. The van der Waals surface area contributed by atoms with Crippen molar-refractivity contribution in [3.8, 4) is 0 Å². The van der Waals surface area contributed by atoms with Crippen molar-refractivity contribution in [2.45, 2.75) is 39.3 Å². The standard InChI is InChI=1S/C14H18FN3O/c1-14(2,3)18-12(16-17-13(18)9-19)8-10-5-4-6-11(15)7-10/h4-7,19H,8-9H2,1-3H3. The molecule has 1 N–H and O–H groups in total. The maximum atomic E-state index is 13.2. The van der Waals surface area contributed by atoms with Gasteiger partial charge in [0.2, 0.25) is 0 Å². The molecule has 0 radical (unpaired) electrons. The second-order valence-corrected chi connectivity index (χ2v) is 5.50. The SMILES string of the molecule is CC(C)(C)n1c(CO)nnc1Cc1cccc(F)c1. The molecule has 4 nitrogen and oxygen atoms in total. The lowest BCUT2D eigenvalue weighted by Crippen LogP contribution is -2.26. The van der Waals surface area contributed by atoms with Crippen molar-refractivity contribution >= 4 is 0 Å². The second kappa shape index (κ2) is 5.09. The highest BCUT2D eigenvalue weighted by Gasteiger charge is 2.22. The van der Waals surface area contributed by atoms with E-state index in [1.165, 1.54) is 12.1 Å². The fraction of sp³-hybridized carbons (Fsp3) is 0.429. The molecule has 0 amide bonds. The van der Waals surface area contributed by atoms with Gasteiger partial charge in [-0.1, -0.05) is 12.1 Å². The van der Waals surface area contributed by atoms with Crippen LogP contribution in [0.25, 0.3) is 0 Å². The average Bonchev–Trinajstić information content (AvgIpc) is 2.71. The highest BCUT2D eigenvalue weighted by molar-refractivity contribution is 5.21. The first-order valence-corrected chi connectivity index (χ1v) is 6.21. The predicted molar refractivity (Wildman–Crippen MR) is 70.1 cm³/mol. The van der Waals surface area contributed by atoms with Crippen molar-refractivity contribution < 1.29 is 9.50 Å².